The number of amides is 1. The van der Waals surface area contributed by atoms with E-state index in [9.17, 15) is 13.2 Å². The van der Waals surface area contributed by atoms with Crippen LogP contribution < -0.4 is 0 Å². The average molecular weight is 421 g/mol. The molecular formula is C24H24N2O3S. The van der Waals surface area contributed by atoms with Crippen molar-refractivity contribution >= 4 is 26.7 Å². The molecule has 0 bridgehead atoms. The van der Waals surface area contributed by atoms with E-state index in [0.717, 1.165) is 29.4 Å². The fourth-order valence-electron chi connectivity index (χ4n) is 4.65. The Balaban J connectivity index is 1.32. The number of aryl methyl sites for hydroxylation is 2. The fourth-order valence-corrected chi connectivity index (χ4v) is 6.17. The first-order valence-corrected chi connectivity index (χ1v) is 12.0. The number of nitrogens with zero attached hydrogens (tertiary/aromatic N) is 2. The molecular weight excluding hydrogens is 396 g/mol. The van der Waals surface area contributed by atoms with E-state index in [1.165, 1.54) is 20.8 Å². The summed E-state index contributed by atoms with van der Waals surface area (Å²) < 4.78 is 27.1. The summed E-state index contributed by atoms with van der Waals surface area (Å²) in [6.45, 7) is 1.50. The van der Waals surface area contributed by atoms with Gasteiger partial charge in [-0.1, -0.05) is 54.6 Å². The highest BCUT2D eigenvalue weighted by Crippen LogP contribution is 2.33. The lowest BCUT2D eigenvalue weighted by Crippen LogP contribution is -2.50. The molecule has 0 aromatic heterocycles. The number of piperazine rings is 1. The molecule has 2 aliphatic rings. The summed E-state index contributed by atoms with van der Waals surface area (Å²) in [6.07, 6.45) is 2.06. The Morgan fingerprint density at radius 2 is 1.50 bits per heavy atom. The van der Waals surface area contributed by atoms with Gasteiger partial charge in [-0.25, -0.2) is 8.42 Å². The third-order valence-corrected chi connectivity index (χ3v) is 8.07. The Kier molecular flexibility index (Phi) is 4.83. The molecule has 3 aromatic rings. The minimum atomic E-state index is -3.39. The lowest BCUT2D eigenvalue weighted by Gasteiger charge is -2.34. The second-order valence-electron chi connectivity index (χ2n) is 8.05. The van der Waals surface area contributed by atoms with Crippen LogP contribution in [0.15, 0.2) is 60.7 Å². The molecule has 1 aliphatic carbocycles. The van der Waals surface area contributed by atoms with Gasteiger partial charge in [0.25, 0.3) is 5.91 Å². The normalized spacial score (nSPS) is 16.9. The highest BCUT2D eigenvalue weighted by Gasteiger charge is 2.30. The molecule has 1 heterocycles. The molecule has 30 heavy (non-hydrogen) atoms. The third-order valence-electron chi connectivity index (χ3n) is 6.22. The Morgan fingerprint density at radius 3 is 2.23 bits per heavy atom. The summed E-state index contributed by atoms with van der Waals surface area (Å²) in [5.41, 5.74) is 4.13. The lowest BCUT2D eigenvalue weighted by molar-refractivity contribution is 0.0700. The lowest BCUT2D eigenvalue weighted by atomic mass is 9.99. The Bertz CT molecular complexity index is 1200. The number of hydrogen-bond acceptors (Lipinski definition) is 3. The van der Waals surface area contributed by atoms with Crippen LogP contribution in [0.5, 0.6) is 0 Å². The average Bonchev–Trinajstić information content (AvgIpc) is 3.19. The predicted octanol–water partition coefficient (Wildman–Crippen LogP) is 3.23. The van der Waals surface area contributed by atoms with E-state index in [2.05, 4.69) is 12.1 Å². The van der Waals surface area contributed by atoms with Crippen molar-refractivity contribution in [3.63, 3.8) is 0 Å². The first-order chi connectivity index (χ1) is 14.5. The van der Waals surface area contributed by atoms with E-state index in [-0.39, 0.29) is 11.7 Å². The highest BCUT2D eigenvalue weighted by atomic mass is 32.2. The smallest absolute Gasteiger partial charge is 0.254 e. The monoisotopic (exact) mass is 420 g/mol. The maximum Gasteiger partial charge on any atom is 0.254 e. The molecule has 0 atom stereocenters. The van der Waals surface area contributed by atoms with Crippen LogP contribution >= 0.6 is 0 Å². The maximum atomic E-state index is 13.3. The van der Waals surface area contributed by atoms with Gasteiger partial charge in [0.05, 0.1) is 5.75 Å². The van der Waals surface area contributed by atoms with Crippen molar-refractivity contribution in [1.29, 1.82) is 0 Å². The van der Waals surface area contributed by atoms with Gasteiger partial charge in [-0.05, 0) is 46.4 Å². The van der Waals surface area contributed by atoms with Crippen molar-refractivity contribution in [1.82, 2.24) is 9.21 Å². The van der Waals surface area contributed by atoms with Crippen LogP contribution in [0, 0.1) is 0 Å². The van der Waals surface area contributed by atoms with Crippen LogP contribution in [-0.2, 0) is 28.6 Å². The van der Waals surface area contributed by atoms with E-state index in [0.29, 0.717) is 26.2 Å². The predicted molar refractivity (Wildman–Crippen MR) is 118 cm³/mol. The maximum absolute atomic E-state index is 13.3. The van der Waals surface area contributed by atoms with Gasteiger partial charge in [-0.3, -0.25) is 4.79 Å². The molecule has 0 radical (unpaired) electrons. The quantitative estimate of drug-likeness (QED) is 0.651. The zero-order valence-corrected chi connectivity index (χ0v) is 17.6. The van der Waals surface area contributed by atoms with Gasteiger partial charge in [-0.15, -0.1) is 0 Å². The van der Waals surface area contributed by atoms with Gasteiger partial charge in [0.1, 0.15) is 0 Å². The molecule has 0 unspecified atom stereocenters. The first-order valence-electron chi connectivity index (χ1n) is 10.4. The number of rotatable bonds is 4. The van der Waals surface area contributed by atoms with Crippen LogP contribution in [0.2, 0.25) is 0 Å². The fraction of sp³-hybridized carbons (Fsp3) is 0.292. The molecule has 1 aliphatic heterocycles. The summed E-state index contributed by atoms with van der Waals surface area (Å²) in [4.78, 5) is 15.0. The van der Waals surface area contributed by atoms with Crippen LogP contribution in [-0.4, -0.2) is 49.7 Å². The van der Waals surface area contributed by atoms with Crippen LogP contribution in [0.3, 0.4) is 0 Å². The van der Waals surface area contributed by atoms with E-state index >= 15 is 0 Å². The highest BCUT2D eigenvalue weighted by molar-refractivity contribution is 7.88. The van der Waals surface area contributed by atoms with Gasteiger partial charge in [0.15, 0.2) is 0 Å². The van der Waals surface area contributed by atoms with Crippen LogP contribution in [0.4, 0.5) is 0 Å². The Morgan fingerprint density at radius 1 is 0.800 bits per heavy atom. The zero-order chi connectivity index (χ0) is 20.7. The molecule has 0 saturated carbocycles. The Hall–Kier alpha value is -2.70. The molecule has 5 nitrogen and oxygen atoms in total. The number of benzene rings is 3. The number of sulfonamides is 1. The SMILES string of the molecule is O=C(c1ccc2c3c(cccc13)CC2)N1CCN(S(=O)(=O)Cc2ccccc2)CC1. The number of hydrogen-bond donors (Lipinski definition) is 0. The minimum absolute atomic E-state index is 0.00331. The van der Waals surface area contributed by atoms with E-state index in [1.807, 2.05) is 48.5 Å². The molecule has 1 fully saturated rings. The van der Waals surface area contributed by atoms with Gasteiger partial charge in [0.2, 0.25) is 10.0 Å². The molecule has 3 aromatic carbocycles. The summed E-state index contributed by atoms with van der Waals surface area (Å²) in [5.74, 6) is -0.0119. The van der Waals surface area contributed by atoms with Crippen molar-refractivity contribution in [2.24, 2.45) is 0 Å². The van der Waals surface area contributed by atoms with Gasteiger partial charge < -0.3 is 4.90 Å². The molecule has 0 spiro atoms. The van der Waals surface area contributed by atoms with Gasteiger partial charge in [0, 0.05) is 31.7 Å². The topological polar surface area (TPSA) is 57.7 Å². The zero-order valence-electron chi connectivity index (χ0n) is 16.8. The second kappa shape index (κ2) is 7.52. The molecule has 5 rings (SSSR count). The summed E-state index contributed by atoms with van der Waals surface area (Å²) in [6, 6.07) is 19.4. The van der Waals surface area contributed by atoms with E-state index in [4.69, 9.17) is 0 Å². The van der Waals surface area contributed by atoms with Crippen molar-refractivity contribution in [2.75, 3.05) is 26.2 Å². The number of carbonyl (C=O) groups is 1. The van der Waals surface area contributed by atoms with Crippen LogP contribution in [0.1, 0.15) is 27.0 Å². The van der Waals surface area contributed by atoms with E-state index in [1.54, 1.807) is 4.90 Å². The summed E-state index contributed by atoms with van der Waals surface area (Å²) in [5, 5.41) is 2.25. The van der Waals surface area contributed by atoms with Crippen LogP contribution in [0.25, 0.3) is 10.8 Å². The van der Waals surface area contributed by atoms with Crippen molar-refractivity contribution in [3.05, 3.63) is 82.9 Å². The van der Waals surface area contributed by atoms with E-state index < -0.39 is 10.0 Å². The molecule has 1 saturated heterocycles. The minimum Gasteiger partial charge on any atom is -0.336 e. The summed E-state index contributed by atoms with van der Waals surface area (Å²) >= 11 is 0. The second-order valence-corrected chi connectivity index (χ2v) is 10.0. The molecule has 1 amide bonds. The number of carbonyl (C=O) groups excluding carboxylic acids is 1. The first kappa shape index (κ1) is 19.3. The summed E-state index contributed by atoms with van der Waals surface area (Å²) in [7, 11) is -3.39. The Labute approximate surface area is 177 Å². The van der Waals surface area contributed by atoms with Crippen molar-refractivity contribution < 1.29 is 13.2 Å². The standard InChI is InChI=1S/C24H24N2O3S/c27-24(22-12-11-20-10-9-19-7-4-8-21(22)23(19)20)25-13-15-26(16-14-25)30(28,29)17-18-5-2-1-3-6-18/h1-8,11-12H,9-10,13-17H2. The van der Waals surface area contributed by atoms with Gasteiger partial charge >= 0.3 is 0 Å². The molecule has 0 N–H and O–H groups in total. The molecule has 154 valence electrons. The van der Waals surface area contributed by atoms with Crippen molar-refractivity contribution in [2.45, 2.75) is 18.6 Å². The van der Waals surface area contributed by atoms with Gasteiger partial charge in [-0.2, -0.15) is 4.31 Å². The largest absolute Gasteiger partial charge is 0.336 e. The van der Waals surface area contributed by atoms with Crippen molar-refractivity contribution in [3.8, 4) is 0 Å². The third kappa shape index (κ3) is 3.40. The molecule has 6 heteroatoms.